The molecule has 0 aliphatic carbocycles. The molecule has 0 spiro atoms. The van der Waals surface area contributed by atoms with Gasteiger partial charge in [0.25, 0.3) is 0 Å². The SMILES string of the molecule is CC(C)CNCC(Cc1ccccc1Br)C(C)C. The number of rotatable bonds is 7. The summed E-state index contributed by atoms with van der Waals surface area (Å²) in [7, 11) is 0. The Morgan fingerprint density at radius 3 is 2.28 bits per heavy atom. The van der Waals surface area contributed by atoms with Gasteiger partial charge in [0.15, 0.2) is 0 Å². The van der Waals surface area contributed by atoms with Crippen LogP contribution in [0.25, 0.3) is 0 Å². The molecule has 0 saturated carbocycles. The van der Waals surface area contributed by atoms with Gasteiger partial charge in [-0.3, -0.25) is 0 Å². The largest absolute Gasteiger partial charge is 0.316 e. The van der Waals surface area contributed by atoms with Gasteiger partial charge in [0.1, 0.15) is 0 Å². The molecule has 0 aromatic heterocycles. The molecule has 0 aliphatic heterocycles. The summed E-state index contributed by atoms with van der Waals surface area (Å²) in [6, 6.07) is 8.56. The molecule has 1 rings (SSSR count). The van der Waals surface area contributed by atoms with E-state index in [1.165, 1.54) is 10.0 Å². The number of nitrogens with one attached hydrogen (secondary N) is 1. The molecule has 102 valence electrons. The van der Waals surface area contributed by atoms with Crippen LogP contribution in [0.2, 0.25) is 0 Å². The lowest BCUT2D eigenvalue weighted by molar-refractivity contribution is 0.352. The maximum absolute atomic E-state index is 3.64. The molecule has 1 atom stereocenters. The zero-order valence-electron chi connectivity index (χ0n) is 12.0. The number of halogens is 1. The molecule has 0 fully saturated rings. The smallest absolute Gasteiger partial charge is 0.0207 e. The molecular formula is C16H26BrN. The summed E-state index contributed by atoms with van der Waals surface area (Å²) in [6.45, 7) is 11.4. The van der Waals surface area contributed by atoms with Crippen molar-refractivity contribution in [2.45, 2.75) is 34.1 Å². The third kappa shape index (κ3) is 5.53. The van der Waals surface area contributed by atoms with Crippen LogP contribution in [-0.2, 0) is 6.42 Å². The predicted octanol–water partition coefficient (Wildman–Crippen LogP) is 4.51. The summed E-state index contributed by atoms with van der Waals surface area (Å²) in [6.07, 6.45) is 1.14. The third-order valence-electron chi connectivity index (χ3n) is 3.34. The molecule has 1 unspecified atom stereocenters. The van der Waals surface area contributed by atoms with Gasteiger partial charge < -0.3 is 5.32 Å². The van der Waals surface area contributed by atoms with Gasteiger partial charge in [0, 0.05) is 4.47 Å². The Morgan fingerprint density at radius 1 is 1.06 bits per heavy atom. The van der Waals surface area contributed by atoms with E-state index in [0.717, 1.165) is 25.4 Å². The normalized spacial score (nSPS) is 13.3. The van der Waals surface area contributed by atoms with Crippen LogP contribution in [0, 0.1) is 17.8 Å². The minimum Gasteiger partial charge on any atom is -0.316 e. The van der Waals surface area contributed by atoms with Crippen LogP contribution in [-0.4, -0.2) is 13.1 Å². The van der Waals surface area contributed by atoms with E-state index in [1.54, 1.807) is 0 Å². The zero-order valence-corrected chi connectivity index (χ0v) is 13.6. The fraction of sp³-hybridized carbons (Fsp3) is 0.625. The summed E-state index contributed by atoms with van der Waals surface area (Å²) in [5, 5.41) is 3.59. The molecule has 0 heterocycles. The molecular weight excluding hydrogens is 286 g/mol. The number of hydrogen-bond acceptors (Lipinski definition) is 1. The van der Waals surface area contributed by atoms with E-state index in [1.807, 2.05) is 0 Å². The number of benzene rings is 1. The van der Waals surface area contributed by atoms with E-state index in [9.17, 15) is 0 Å². The van der Waals surface area contributed by atoms with Gasteiger partial charge in [-0.25, -0.2) is 0 Å². The predicted molar refractivity (Wildman–Crippen MR) is 83.9 cm³/mol. The lowest BCUT2D eigenvalue weighted by Crippen LogP contribution is -2.30. The van der Waals surface area contributed by atoms with Gasteiger partial charge >= 0.3 is 0 Å². The summed E-state index contributed by atoms with van der Waals surface area (Å²) >= 11 is 3.64. The van der Waals surface area contributed by atoms with Crippen molar-refractivity contribution in [3.8, 4) is 0 Å². The highest BCUT2D eigenvalue weighted by Crippen LogP contribution is 2.22. The average molecular weight is 312 g/mol. The minimum absolute atomic E-state index is 0.697. The Morgan fingerprint density at radius 2 is 1.72 bits per heavy atom. The molecule has 1 nitrogen and oxygen atoms in total. The van der Waals surface area contributed by atoms with Crippen molar-refractivity contribution >= 4 is 15.9 Å². The fourth-order valence-electron chi connectivity index (χ4n) is 2.05. The Labute approximate surface area is 120 Å². The van der Waals surface area contributed by atoms with Crippen molar-refractivity contribution in [1.29, 1.82) is 0 Å². The first kappa shape index (κ1) is 15.7. The van der Waals surface area contributed by atoms with Gasteiger partial charge in [0.2, 0.25) is 0 Å². The molecule has 0 aliphatic rings. The Hall–Kier alpha value is -0.340. The highest BCUT2D eigenvalue weighted by Gasteiger charge is 2.15. The van der Waals surface area contributed by atoms with Crippen LogP contribution >= 0.6 is 15.9 Å². The van der Waals surface area contributed by atoms with Crippen LogP contribution in [0.1, 0.15) is 33.3 Å². The second-order valence-corrected chi connectivity index (χ2v) is 6.71. The van der Waals surface area contributed by atoms with Gasteiger partial charge in [-0.15, -0.1) is 0 Å². The lowest BCUT2D eigenvalue weighted by atomic mass is 9.89. The van der Waals surface area contributed by atoms with E-state index >= 15 is 0 Å². The van der Waals surface area contributed by atoms with Gasteiger partial charge in [-0.05, 0) is 48.9 Å². The van der Waals surface area contributed by atoms with Crippen LogP contribution in [0.5, 0.6) is 0 Å². The molecule has 1 aromatic carbocycles. The first-order valence-corrected chi connectivity index (χ1v) is 7.74. The minimum atomic E-state index is 0.697. The standard InChI is InChI=1S/C16H26BrN/c1-12(2)10-18-11-15(13(3)4)9-14-7-5-6-8-16(14)17/h5-8,12-13,15,18H,9-11H2,1-4H3. The van der Waals surface area contributed by atoms with E-state index in [2.05, 4.69) is 73.2 Å². The van der Waals surface area contributed by atoms with Crippen molar-refractivity contribution in [2.24, 2.45) is 17.8 Å². The quantitative estimate of drug-likeness (QED) is 0.781. The topological polar surface area (TPSA) is 12.0 Å². The lowest BCUT2D eigenvalue weighted by Gasteiger charge is -2.22. The van der Waals surface area contributed by atoms with Gasteiger partial charge in [0.05, 0.1) is 0 Å². The second kappa shape index (κ2) is 7.96. The van der Waals surface area contributed by atoms with Gasteiger partial charge in [-0.2, -0.15) is 0 Å². The molecule has 1 aromatic rings. The molecule has 0 amide bonds. The van der Waals surface area contributed by atoms with Crippen LogP contribution < -0.4 is 5.32 Å². The molecule has 18 heavy (non-hydrogen) atoms. The Kier molecular flexibility index (Phi) is 6.95. The van der Waals surface area contributed by atoms with Crippen LogP contribution in [0.4, 0.5) is 0 Å². The van der Waals surface area contributed by atoms with Crippen LogP contribution in [0.15, 0.2) is 28.7 Å². The maximum atomic E-state index is 3.64. The molecule has 0 radical (unpaired) electrons. The third-order valence-corrected chi connectivity index (χ3v) is 4.12. The number of hydrogen-bond donors (Lipinski definition) is 1. The van der Waals surface area contributed by atoms with Crippen molar-refractivity contribution in [2.75, 3.05) is 13.1 Å². The highest BCUT2D eigenvalue weighted by molar-refractivity contribution is 9.10. The highest BCUT2D eigenvalue weighted by atomic mass is 79.9. The average Bonchev–Trinajstić information content (AvgIpc) is 2.29. The van der Waals surface area contributed by atoms with Crippen molar-refractivity contribution < 1.29 is 0 Å². The fourth-order valence-corrected chi connectivity index (χ4v) is 2.49. The second-order valence-electron chi connectivity index (χ2n) is 5.85. The molecule has 0 saturated heterocycles. The summed E-state index contributed by atoms with van der Waals surface area (Å²) < 4.78 is 1.24. The summed E-state index contributed by atoms with van der Waals surface area (Å²) in [5.74, 6) is 2.13. The maximum Gasteiger partial charge on any atom is 0.0207 e. The molecule has 2 heteroatoms. The summed E-state index contributed by atoms with van der Waals surface area (Å²) in [5.41, 5.74) is 1.42. The van der Waals surface area contributed by atoms with Crippen LogP contribution in [0.3, 0.4) is 0 Å². The van der Waals surface area contributed by atoms with Gasteiger partial charge in [-0.1, -0.05) is 61.8 Å². The molecule has 0 bridgehead atoms. The van der Waals surface area contributed by atoms with E-state index < -0.39 is 0 Å². The van der Waals surface area contributed by atoms with Crippen molar-refractivity contribution in [3.05, 3.63) is 34.3 Å². The van der Waals surface area contributed by atoms with Crippen molar-refractivity contribution in [1.82, 2.24) is 5.32 Å². The molecule has 1 N–H and O–H groups in total. The first-order chi connectivity index (χ1) is 8.50. The first-order valence-electron chi connectivity index (χ1n) is 6.94. The monoisotopic (exact) mass is 311 g/mol. The van der Waals surface area contributed by atoms with E-state index in [4.69, 9.17) is 0 Å². The van der Waals surface area contributed by atoms with E-state index in [-0.39, 0.29) is 0 Å². The Balaban J connectivity index is 2.55. The van der Waals surface area contributed by atoms with E-state index in [0.29, 0.717) is 11.8 Å². The zero-order chi connectivity index (χ0) is 13.5. The summed E-state index contributed by atoms with van der Waals surface area (Å²) in [4.78, 5) is 0. The van der Waals surface area contributed by atoms with Crippen molar-refractivity contribution in [3.63, 3.8) is 0 Å². The Bertz CT molecular complexity index is 347.